The fourth-order valence-corrected chi connectivity index (χ4v) is 4.93. The zero-order valence-corrected chi connectivity index (χ0v) is 15.5. The maximum Gasteiger partial charge on any atom is 0.243 e. The first kappa shape index (κ1) is 17.9. The van der Waals surface area contributed by atoms with Crippen LogP contribution in [-0.2, 0) is 10.0 Å². The molecule has 0 atom stereocenters. The smallest absolute Gasteiger partial charge is 0.243 e. The second-order valence-corrected chi connectivity index (χ2v) is 8.93. The number of piperazine rings is 1. The molecule has 3 rings (SSSR count). The standard InChI is InChI=1S/C18H25ClN2O2S/c19-17-6-8-18(9-7-17)24(22,23)21-14-12-20(13-15-21)11-10-16-4-2-1-3-5-16/h4,6-9H,1-3,5,10-15H2. The third-order valence-electron chi connectivity index (χ3n) is 4.92. The quantitative estimate of drug-likeness (QED) is 0.746. The van der Waals surface area contributed by atoms with Crippen molar-refractivity contribution in [2.24, 2.45) is 0 Å². The molecule has 1 aliphatic carbocycles. The van der Waals surface area contributed by atoms with Gasteiger partial charge in [-0.2, -0.15) is 4.31 Å². The number of halogens is 1. The molecular weight excluding hydrogens is 344 g/mol. The number of sulfonamides is 1. The van der Waals surface area contributed by atoms with Crippen LogP contribution >= 0.6 is 11.6 Å². The van der Waals surface area contributed by atoms with E-state index in [4.69, 9.17) is 11.6 Å². The van der Waals surface area contributed by atoms with Crippen LogP contribution < -0.4 is 0 Å². The first-order valence-electron chi connectivity index (χ1n) is 8.72. The molecule has 6 heteroatoms. The van der Waals surface area contributed by atoms with Crippen molar-refractivity contribution in [2.75, 3.05) is 32.7 Å². The molecule has 0 bridgehead atoms. The predicted octanol–water partition coefficient (Wildman–Crippen LogP) is 3.54. The van der Waals surface area contributed by atoms with Crippen molar-refractivity contribution in [1.29, 1.82) is 0 Å². The van der Waals surface area contributed by atoms with E-state index in [9.17, 15) is 8.42 Å². The SMILES string of the molecule is O=S(=O)(c1ccc(Cl)cc1)N1CCN(CCC2=CCCCC2)CC1. The molecule has 1 fully saturated rings. The van der Waals surface area contributed by atoms with Gasteiger partial charge in [0.15, 0.2) is 0 Å². The number of benzene rings is 1. The summed E-state index contributed by atoms with van der Waals surface area (Å²) in [5.74, 6) is 0. The third kappa shape index (κ3) is 4.39. The Bertz CT molecular complexity index is 677. The fraction of sp³-hybridized carbons (Fsp3) is 0.556. The Kier molecular flexibility index (Phi) is 5.98. The normalized spacial score (nSPS) is 20.8. The van der Waals surface area contributed by atoms with Crippen molar-refractivity contribution < 1.29 is 8.42 Å². The van der Waals surface area contributed by atoms with Gasteiger partial charge in [0.1, 0.15) is 0 Å². The highest BCUT2D eigenvalue weighted by molar-refractivity contribution is 7.89. The molecule has 0 saturated carbocycles. The first-order chi connectivity index (χ1) is 11.6. The number of hydrogen-bond donors (Lipinski definition) is 0. The Balaban J connectivity index is 1.52. The van der Waals surface area contributed by atoms with Gasteiger partial charge < -0.3 is 4.90 Å². The Labute approximate surface area is 150 Å². The maximum atomic E-state index is 12.7. The van der Waals surface area contributed by atoms with E-state index in [1.54, 1.807) is 34.1 Å². The average Bonchev–Trinajstić information content (AvgIpc) is 2.61. The van der Waals surface area contributed by atoms with Gasteiger partial charge in [0.25, 0.3) is 0 Å². The highest BCUT2D eigenvalue weighted by Crippen LogP contribution is 2.22. The lowest BCUT2D eigenvalue weighted by Gasteiger charge is -2.34. The van der Waals surface area contributed by atoms with Crippen molar-refractivity contribution in [2.45, 2.75) is 37.0 Å². The monoisotopic (exact) mass is 368 g/mol. The second-order valence-electron chi connectivity index (χ2n) is 6.56. The maximum absolute atomic E-state index is 12.7. The minimum absolute atomic E-state index is 0.327. The zero-order chi connectivity index (χ0) is 17.0. The van der Waals surface area contributed by atoms with Crippen LogP contribution in [0.1, 0.15) is 32.1 Å². The minimum atomic E-state index is -3.40. The van der Waals surface area contributed by atoms with E-state index in [0.29, 0.717) is 23.0 Å². The van der Waals surface area contributed by atoms with E-state index in [2.05, 4.69) is 11.0 Å². The Morgan fingerprint density at radius 3 is 2.33 bits per heavy atom. The molecule has 1 saturated heterocycles. The van der Waals surface area contributed by atoms with Crippen molar-refractivity contribution in [1.82, 2.24) is 9.21 Å². The molecule has 2 aliphatic rings. The third-order valence-corrected chi connectivity index (χ3v) is 7.08. The lowest BCUT2D eigenvalue weighted by Crippen LogP contribution is -2.48. The summed E-state index contributed by atoms with van der Waals surface area (Å²) in [5, 5.41) is 0.552. The number of nitrogens with zero attached hydrogens (tertiary/aromatic N) is 2. The van der Waals surface area contributed by atoms with Crippen LogP contribution in [0.25, 0.3) is 0 Å². The molecule has 24 heavy (non-hydrogen) atoms. The van der Waals surface area contributed by atoms with Gasteiger partial charge in [-0.1, -0.05) is 23.3 Å². The van der Waals surface area contributed by atoms with Crippen molar-refractivity contribution in [3.8, 4) is 0 Å². The van der Waals surface area contributed by atoms with Crippen LogP contribution in [0.3, 0.4) is 0 Å². The van der Waals surface area contributed by atoms with Gasteiger partial charge in [0, 0.05) is 37.7 Å². The van der Waals surface area contributed by atoms with Crippen LogP contribution in [0.4, 0.5) is 0 Å². The van der Waals surface area contributed by atoms with Gasteiger partial charge in [-0.15, -0.1) is 0 Å². The molecule has 1 aliphatic heterocycles. The summed E-state index contributed by atoms with van der Waals surface area (Å²) in [7, 11) is -3.40. The molecule has 1 aromatic rings. The average molecular weight is 369 g/mol. The lowest BCUT2D eigenvalue weighted by molar-refractivity contribution is 0.189. The highest BCUT2D eigenvalue weighted by Gasteiger charge is 2.28. The molecule has 0 radical (unpaired) electrons. The zero-order valence-electron chi connectivity index (χ0n) is 14.0. The lowest BCUT2D eigenvalue weighted by atomic mass is 9.97. The Morgan fingerprint density at radius 2 is 1.71 bits per heavy atom. The van der Waals surface area contributed by atoms with Gasteiger partial charge in [0.05, 0.1) is 4.90 Å². The molecule has 0 N–H and O–H groups in total. The van der Waals surface area contributed by atoms with Gasteiger partial charge in [-0.25, -0.2) is 8.42 Å². The van der Waals surface area contributed by atoms with Crippen molar-refractivity contribution in [3.63, 3.8) is 0 Å². The predicted molar refractivity (Wildman–Crippen MR) is 97.8 cm³/mol. The molecule has 132 valence electrons. The van der Waals surface area contributed by atoms with E-state index in [-0.39, 0.29) is 0 Å². The summed E-state index contributed by atoms with van der Waals surface area (Å²) in [6.07, 6.45) is 8.63. The van der Waals surface area contributed by atoms with Crippen molar-refractivity contribution >= 4 is 21.6 Å². The van der Waals surface area contributed by atoms with E-state index < -0.39 is 10.0 Å². The largest absolute Gasteiger partial charge is 0.300 e. The Morgan fingerprint density at radius 1 is 1.00 bits per heavy atom. The molecule has 1 aromatic carbocycles. The molecule has 4 nitrogen and oxygen atoms in total. The molecule has 1 heterocycles. The van der Waals surface area contributed by atoms with Crippen LogP contribution in [0.15, 0.2) is 40.8 Å². The number of hydrogen-bond acceptors (Lipinski definition) is 3. The highest BCUT2D eigenvalue weighted by atomic mass is 35.5. The summed E-state index contributed by atoms with van der Waals surface area (Å²) >= 11 is 5.85. The van der Waals surface area contributed by atoms with E-state index in [0.717, 1.165) is 26.1 Å². The molecule has 0 aromatic heterocycles. The first-order valence-corrected chi connectivity index (χ1v) is 10.5. The second kappa shape index (κ2) is 8.00. The van der Waals surface area contributed by atoms with Gasteiger partial charge in [0.2, 0.25) is 10.0 Å². The molecule has 0 amide bonds. The van der Waals surface area contributed by atoms with Gasteiger partial charge >= 0.3 is 0 Å². The number of allylic oxidation sites excluding steroid dienone is 1. The van der Waals surface area contributed by atoms with Crippen LogP contribution in [0.2, 0.25) is 5.02 Å². The van der Waals surface area contributed by atoms with Crippen LogP contribution in [-0.4, -0.2) is 50.3 Å². The Hall–Kier alpha value is -0.880. The van der Waals surface area contributed by atoms with Crippen LogP contribution in [0, 0.1) is 0 Å². The fourth-order valence-electron chi connectivity index (χ4n) is 3.38. The van der Waals surface area contributed by atoms with E-state index >= 15 is 0 Å². The number of rotatable bonds is 5. The van der Waals surface area contributed by atoms with E-state index in [1.807, 2.05) is 0 Å². The molecule has 0 unspecified atom stereocenters. The summed E-state index contributed by atoms with van der Waals surface area (Å²) in [6, 6.07) is 6.42. The van der Waals surface area contributed by atoms with Gasteiger partial charge in [-0.05, 0) is 56.4 Å². The van der Waals surface area contributed by atoms with Gasteiger partial charge in [-0.3, -0.25) is 0 Å². The molecule has 0 spiro atoms. The summed E-state index contributed by atoms with van der Waals surface area (Å²) in [5.41, 5.74) is 1.58. The van der Waals surface area contributed by atoms with Crippen LogP contribution in [0.5, 0.6) is 0 Å². The topological polar surface area (TPSA) is 40.6 Å². The minimum Gasteiger partial charge on any atom is -0.300 e. The summed E-state index contributed by atoms with van der Waals surface area (Å²) in [4.78, 5) is 2.70. The molecular formula is C18H25ClN2O2S. The summed E-state index contributed by atoms with van der Waals surface area (Å²) < 4.78 is 26.9. The van der Waals surface area contributed by atoms with Crippen molar-refractivity contribution in [3.05, 3.63) is 40.9 Å². The summed E-state index contributed by atoms with van der Waals surface area (Å²) in [6.45, 7) is 3.77. The van der Waals surface area contributed by atoms with E-state index in [1.165, 1.54) is 25.7 Å².